The molecule has 0 spiro atoms. The monoisotopic (exact) mass is 421 g/mol. The highest BCUT2D eigenvalue weighted by atomic mass is 16.5. The number of carbonyl (C=O) groups excluding carboxylic acids is 2. The standard InChI is InChI=1S/C25H31N3O3/c1-18-5-4-6-22(19(18)2)26-13-15-27(16-14-26)23-17-24(29)28(25(23)30)12-11-20-7-9-21(31-3)10-8-20/h4-10,23H,11-17H2,1-3H3. The van der Waals surface area contributed by atoms with Gasteiger partial charge in [0.05, 0.1) is 19.6 Å². The predicted molar refractivity (Wildman–Crippen MR) is 122 cm³/mol. The maximum atomic E-state index is 13.0. The van der Waals surface area contributed by atoms with E-state index in [1.54, 1.807) is 7.11 Å². The molecule has 164 valence electrons. The van der Waals surface area contributed by atoms with Crippen molar-refractivity contribution in [3.05, 3.63) is 59.2 Å². The van der Waals surface area contributed by atoms with E-state index in [-0.39, 0.29) is 17.9 Å². The number of anilines is 1. The minimum Gasteiger partial charge on any atom is -0.497 e. The molecule has 6 heteroatoms. The summed E-state index contributed by atoms with van der Waals surface area (Å²) in [6.45, 7) is 8.06. The maximum absolute atomic E-state index is 13.0. The summed E-state index contributed by atoms with van der Waals surface area (Å²) in [6, 6.07) is 13.9. The third kappa shape index (κ3) is 4.44. The van der Waals surface area contributed by atoms with Gasteiger partial charge in [-0.1, -0.05) is 24.3 Å². The number of methoxy groups -OCH3 is 1. The number of imide groups is 1. The molecule has 2 heterocycles. The lowest BCUT2D eigenvalue weighted by Crippen LogP contribution is -2.52. The number of benzene rings is 2. The quantitative estimate of drug-likeness (QED) is 0.672. The minimum atomic E-state index is -0.316. The highest BCUT2D eigenvalue weighted by molar-refractivity contribution is 6.05. The molecule has 1 unspecified atom stereocenters. The van der Waals surface area contributed by atoms with Crippen molar-refractivity contribution in [2.45, 2.75) is 32.7 Å². The summed E-state index contributed by atoms with van der Waals surface area (Å²) in [7, 11) is 1.64. The highest BCUT2D eigenvalue weighted by Crippen LogP contribution is 2.26. The average Bonchev–Trinajstić information content (AvgIpc) is 3.08. The van der Waals surface area contributed by atoms with E-state index in [9.17, 15) is 9.59 Å². The van der Waals surface area contributed by atoms with Crippen LogP contribution in [-0.4, -0.2) is 67.5 Å². The van der Waals surface area contributed by atoms with Crippen LogP contribution in [0.5, 0.6) is 5.75 Å². The normalized spacial score (nSPS) is 19.9. The number of ether oxygens (including phenoxy) is 1. The Hall–Kier alpha value is -2.86. The third-order valence-electron chi connectivity index (χ3n) is 6.68. The molecule has 6 nitrogen and oxygen atoms in total. The molecule has 0 radical (unpaired) electrons. The molecule has 0 aliphatic carbocycles. The van der Waals surface area contributed by atoms with Crippen LogP contribution in [0, 0.1) is 13.8 Å². The first-order valence-electron chi connectivity index (χ1n) is 11.0. The molecule has 0 aromatic heterocycles. The molecule has 2 fully saturated rings. The molecule has 2 amide bonds. The van der Waals surface area contributed by atoms with Crippen molar-refractivity contribution in [3.63, 3.8) is 0 Å². The lowest BCUT2D eigenvalue weighted by Gasteiger charge is -2.39. The predicted octanol–water partition coefficient (Wildman–Crippen LogP) is 2.80. The van der Waals surface area contributed by atoms with Gasteiger partial charge in [0.25, 0.3) is 0 Å². The summed E-state index contributed by atoms with van der Waals surface area (Å²) in [4.78, 5) is 31.6. The summed E-state index contributed by atoms with van der Waals surface area (Å²) >= 11 is 0. The molecule has 2 aliphatic heterocycles. The molecule has 2 aromatic carbocycles. The summed E-state index contributed by atoms with van der Waals surface area (Å²) in [6.07, 6.45) is 0.958. The van der Waals surface area contributed by atoms with Crippen molar-refractivity contribution in [3.8, 4) is 5.75 Å². The highest BCUT2D eigenvalue weighted by Gasteiger charge is 2.42. The first kappa shape index (κ1) is 21.4. The second kappa shape index (κ2) is 9.10. The Balaban J connectivity index is 1.34. The zero-order chi connectivity index (χ0) is 22.0. The van der Waals surface area contributed by atoms with E-state index in [0.29, 0.717) is 19.4 Å². The van der Waals surface area contributed by atoms with Gasteiger partial charge in [0.15, 0.2) is 0 Å². The van der Waals surface area contributed by atoms with Crippen molar-refractivity contribution in [1.82, 2.24) is 9.80 Å². The lowest BCUT2D eigenvalue weighted by atomic mass is 10.1. The van der Waals surface area contributed by atoms with Gasteiger partial charge in [0.2, 0.25) is 11.8 Å². The number of piperazine rings is 1. The van der Waals surface area contributed by atoms with E-state index in [1.165, 1.54) is 21.7 Å². The number of likely N-dealkylation sites (tertiary alicyclic amines) is 1. The van der Waals surface area contributed by atoms with Gasteiger partial charge in [-0.15, -0.1) is 0 Å². The van der Waals surface area contributed by atoms with E-state index in [4.69, 9.17) is 4.74 Å². The smallest absolute Gasteiger partial charge is 0.247 e. The van der Waals surface area contributed by atoms with Crippen LogP contribution < -0.4 is 9.64 Å². The van der Waals surface area contributed by atoms with Gasteiger partial charge in [-0.3, -0.25) is 19.4 Å². The number of rotatable bonds is 6. The largest absolute Gasteiger partial charge is 0.497 e. The molecular formula is C25H31N3O3. The fourth-order valence-corrected chi connectivity index (χ4v) is 4.57. The van der Waals surface area contributed by atoms with Crippen LogP contribution in [0.3, 0.4) is 0 Å². The van der Waals surface area contributed by atoms with Crippen LogP contribution in [0.1, 0.15) is 23.1 Å². The number of hydrogen-bond acceptors (Lipinski definition) is 5. The van der Waals surface area contributed by atoms with E-state index in [2.05, 4.69) is 41.8 Å². The van der Waals surface area contributed by atoms with Crippen LogP contribution in [0.25, 0.3) is 0 Å². The van der Waals surface area contributed by atoms with Crippen molar-refractivity contribution in [2.75, 3.05) is 44.7 Å². The SMILES string of the molecule is COc1ccc(CCN2C(=O)CC(N3CCN(c4cccc(C)c4C)CC3)C2=O)cc1. The molecule has 2 aromatic rings. The van der Waals surface area contributed by atoms with Gasteiger partial charge >= 0.3 is 0 Å². The Morgan fingerprint density at radius 3 is 2.35 bits per heavy atom. The Morgan fingerprint density at radius 1 is 0.968 bits per heavy atom. The number of nitrogens with zero attached hydrogens (tertiary/aromatic N) is 3. The van der Waals surface area contributed by atoms with Crippen molar-refractivity contribution in [2.24, 2.45) is 0 Å². The molecule has 1 atom stereocenters. The van der Waals surface area contributed by atoms with Crippen molar-refractivity contribution in [1.29, 1.82) is 0 Å². The Morgan fingerprint density at radius 2 is 1.68 bits per heavy atom. The van der Waals surface area contributed by atoms with Gasteiger partial charge in [0, 0.05) is 38.4 Å². The number of amides is 2. The van der Waals surface area contributed by atoms with Gasteiger partial charge < -0.3 is 9.64 Å². The minimum absolute atomic E-state index is 0.0429. The third-order valence-corrected chi connectivity index (χ3v) is 6.68. The molecule has 2 aliphatic rings. The van der Waals surface area contributed by atoms with Gasteiger partial charge in [-0.05, 0) is 55.2 Å². The molecule has 31 heavy (non-hydrogen) atoms. The molecule has 0 bridgehead atoms. The van der Waals surface area contributed by atoms with Crippen LogP contribution >= 0.6 is 0 Å². The molecule has 0 saturated carbocycles. The summed E-state index contributed by atoms with van der Waals surface area (Å²) in [5.41, 5.74) is 4.97. The molecule has 2 saturated heterocycles. The summed E-state index contributed by atoms with van der Waals surface area (Å²) in [5.74, 6) is 0.705. The van der Waals surface area contributed by atoms with E-state index < -0.39 is 0 Å². The fraction of sp³-hybridized carbons (Fsp3) is 0.440. The maximum Gasteiger partial charge on any atom is 0.247 e. The van der Waals surface area contributed by atoms with Gasteiger partial charge in [-0.2, -0.15) is 0 Å². The van der Waals surface area contributed by atoms with E-state index in [0.717, 1.165) is 37.5 Å². The zero-order valence-corrected chi connectivity index (χ0v) is 18.6. The van der Waals surface area contributed by atoms with Crippen molar-refractivity contribution < 1.29 is 14.3 Å². The Bertz CT molecular complexity index is 949. The Kier molecular flexibility index (Phi) is 6.28. The number of aryl methyl sites for hydroxylation is 1. The first-order valence-corrected chi connectivity index (χ1v) is 11.0. The van der Waals surface area contributed by atoms with E-state index >= 15 is 0 Å². The van der Waals surface area contributed by atoms with Gasteiger partial charge in [-0.25, -0.2) is 0 Å². The molecule has 0 N–H and O–H groups in total. The number of hydrogen-bond donors (Lipinski definition) is 0. The fourth-order valence-electron chi connectivity index (χ4n) is 4.57. The second-order valence-corrected chi connectivity index (χ2v) is 8.44. The first-order chi connectivity index (χ1) is 15.0. The van der Waals surface area contributed by atoms with Crippen LogP contribution in [0.2, 0.25) is 0 Å². The molecule has 4 rings (SSSR count). The number of carbonyl (C=O) groups is 2. The lowest BCUT2D eigenvalue weighted by molar-refractivity contribution is -0.139. The molecular weight excluding hydrogens is 390 g/mol. The summed E-state index contributed by atoms with van der Waals surface area (Å²) in [5, 5.41) is 0. The zero-order valence-electron chi connectivity index (χ0n) is 18.6. The Labute approximate surface area is 184 Å². The van der Waals surface area contributed by atoms with Crippen LogP contribution in [0.15, 0.2) is 42.5 Å². The average molecular weight is 422 g/mol. The second-order valence-electron chi connectivity index (χ2n) is 8.44. The topological polar surface area (TPSA) is 53.1 Å². The van der Waals surface area contributed by atoms with Crippen molar-refractivity contribution >= 4 is 17.5 Å². The van der Waals surface area contributed by atoms with E-state index in [1.807, 2.05) is 24.3 Å². The van der Waals surface area contributed by atoms with Gasteiger partial charge in [0.1, 0.15) is 5.75 Å². The summed E-state index contributed by atoms with van der Waals surface area (Å²) < 4.78 is 5.18. The van der Waals surface area contributed by atoms with Crippen LogP contribution in [-0.2, 0) is 16.0 Å². The van der Waals surface area contributed by atoms with Crippen LogP contribution in [0.4, 0.5) is 5.69 Å².